The number of aryl methyl sites for hydroxylation is 1. The van der Waals surface area contributed by atoms with Crippen molar-refractivity contribution in [1.29, 1.82) is 0 Å². The molecule has 4 nitrogen and oxygen atoms in total. The Morgan fingerprint density at radius 2 is 1.78 bits per heavy atom. The molecule has 0 aliphatic rings. The van der Waals surface area contributed by atoms with Crippen molar-refractivity contribution in [3.05, 3.63) is 77.2 Å². The highest BCUT2D eigenvalue weighted by atomic mass is 19.1. The number of aromatic carboxylic acids is 1. The zero-order valence-electron chi connectivity index (χ0n) is 12.5. The lowest BCUT2D eigenvalue weighted by Crippen LogP contribution is -2.10. The van der Waals surface area contributed by atoms with Gasteiger partial charge in [-0.1, -0.05) is 42.0 Å². The molecule has 3 rings (SSSR count). The maximum atomic E-state index is 13.0. The van der Waals surface area contributed by atoms with E-state index in [1.54, 1.807) is 18.2 Å². The van der Waals surface area contributed by atoms with Gasteiger partial charge in [-0.25, -0.2) is 9.18 Å². The van der Waals surface area contributed by atoms with Crippen molar-refractivity contribution in [2.45, 2.75) is 13.5 Å². The summed E-state index contributed by atoms with van der Waals surface area (Å²) in [5.41, 5.74) is 3.47. The zero-order valence-corrected chi connectivity index (χ0v) is 12.5. The lowest BCUT2D eigenvalue weighted by molar-refractivity contribution is 0.0684. The van der Waals surface area contributed by atoms with Gasteiger partial charge in [0, 0.05) is 5.56 Å². The first-order chi connectivity index (χ1) is 11.0. The van der Waals surface area contributed by atoms with Gasteiger partial charge >= 0.3 is 5.97 Å². The number of nitrogens with zero attached hydrogens (tertiary/aromatic N) is 2. The fourth-order valence-corrected chi connectivity index (χ4v) is 2.34. The first kappa shape index (κ1) is 15.0. The number of rotatable bonds is 4. The first-order valence-electron chi connectivity index (χ1n) is 7.15. The third kappa shape index (κ3) is 3.29. The van der Waals surface area contributed by atoms with Crippen LogP contribution in [0.2, 0.25) is 0 Å². The van der Waals surface area contributed by atoms with Crippen LogP contribution in [0.25, 0.3) is 11.3 Å². The molecule has 0 bridgehead atoms. The Balaban J connectivity index is 1.97. The molecule has 2 aromatic carbocycles. The average Bonchev–Trinajstić information content (AvgIpc) is 2.94. The second-order valence-corrected chi connectivity index (χ2v) is 5.37. The van der Waals surface area contributed by atoms with Gasteiger partial charge in [0.05, 0.1) is 12.2 Å². The minimum Gasteiger partial charge on any atom is -0.477 e. The minimum absolute atomic E-state index is 0.102. The number of benzene rings is 2. The molecule has 0 saturated heterocycles. The molecule has 0 saturated carbocycles. The van der Waals surface area contributed by atoms with Crippen molar-refractivity contribution in [3.8, 4) is 11.3 Å². The number of carbonyl (C=O) groups is 1. The van der Waals surface area contributed by atoms with E-state index >= 15 is 0 Å². The van der Waals surface area contributed by atoms with Crippen molar-refractivity contribution in [1.82, 2.24) is 9.78 Å². The Hall–Kier alpha value is -2.95. The van der Waals surface area contributed by atoms with Gasteiger partial charge in [-0.05, 0) is 30.7 Å². The van der Waals surface area contributed by atoms with Crippen LogP contribution in [0, 0.1) is 12.7 Å². The summed E-state index contributed by atoms with van der Waals surface area (Å²) in [6.45, 7) is 2.26. The predicted octanol–water partition coefficient (Wildman–Crippen LogP) is 3.74. The second-order valence-electron chi connectivity index (χ2n) is 5.37. The zero-order chi connectivity index (χ0) is 16.4. The van der Waals surface area contributed by atoms with Crippen LogP contribution in [0.1, 0.15) is 21.6 Å². The molecule has 23 heavy (non-hydrogen) atoms. The summed E-state index contributed by atoms with van der Waals surface area (Å²) in [4.78, 5) is 11.4. The van der Waals surface area contributed by atoms with Crippen LogP contribution in [-0.4, -0.2) is 20.9 Å². The van der Waals surface area contributed by atoms with Crippen LogP contribution in [0.3, 0.4) is 0 Å². The normalized spacial score (nSPS) is 10.7. The van der Waals surface area contributed by atoms with Gasteiger partial charge in [-0.2, -0.15) is 5.10 Å². The molecular weight excluding hydrogens is 295 g/mol. The fourth-order valence-electron chi connectivity index (χ4n) is 2.34. The SMILES string of the molecule is Cc1ccc(-c2cc(C(=O)O)n(Cc3ccc(F)cc3)n2)cc1. The monoisotopic (exact) mass is 310 g/mol. The molecule has 0 aliphatic heterocycles. The maximum Gasteiger partial charge on any atom is 0.354 e. The minimum atomic E-state index is -1.04. The molecule has 116 valence electrons. The van der Waals surface area contributed by atoms with Crippen molar-refractivity contribution in [2.75, 3.05) is 0 Å². The summed E-state index contributed by atoms with van der Waals surface area (Å²) in [5, 5.41) is 13.8. The molecule has 0 aliphatic carbocycles. The topological polar surface area (TPSA) is 55.1 Å². The molecule has 0 radical (unpaired) electrons. The van der Waals surface area contributed by atoms with Crippen LogP contribution in [0.4, 0.5) is 4.39 Å². The van der Waals surface area contributed by atoms with Crippen molar-refractivity contribution < 1.29 is 14.3 Å². The van der Waals surface area contributed by atoms with Crippen LogP contribution in [-0.2, 0) is 6.54 Å². The maximum absolute atomic E-state index is 13.0. The van der Waals surface area contributed by atoms with Gasteiger partial charge in [0.2, 0.25) is 0 Å². The fraction of sp³-hybridized carbons (Fsp3) is 0.111. The van der Waals surface area contributed by atoms with Crippen LogP contribution < -0.4 is 0 Å². The molecule has 1 heterocycles. The Bertz CT molecular complexity index is 836. The molecule has 3 aromatic rings. The Morgan fingerprint density at radius 3 is 2.39 bits per heavy atom. The number of hydrogen-bond donors (Lipinski definition) is 1. The molecule has 0 fully saturated rings. The van der Waals surface area contributed by atoms with Crippen LogP contribution >= 0.6 is 0 Å². The standard InChI is InChI=1S/C18H15FN2O2/c1-12-2-6-14(7-3-12)16-10-17(18(22)23)21(20-16)11-13-4-8-15(19)9-5-13/h2-10H,11H2,1H3,(H,22,23). The Kier molecular flexibility index (Phi) is 3.93. The van der Waals surface area contributed by atoms with E-state index in [1.807, 2.05) is 31.2 Å². The van der Waals surface area contributed by atoms with E-state index in [1.165, 1.54) is 16.8 Å². The number of carboxylic acid groups (broad SMARTS) is 1. The van der Waals surface area contributed by atoms with Crippen molar-refractivity contribution in [2.24, 2.45) is 0 Å². The van der Waals surface area contributed by atoms with E-state index < -0.39 is 5.97 Å². The second kappa shape index (κ2) is 6.04. The van der Waals surface area contributed by atoms with E-state index in [9.17, 15) is 14.3 Å². The number of hydrogen-bond acceptors (Lipinski definition) is 2. The summed E-state index contributed by atoms with van der Waals surface area (Å²) < 4.78 is 14.4. The third-order valence-corrected chi connectivity index (χ3v) is 3.59. The highest BCUT2D eigenvalue weighted by molar-refractivity contribution is 5.87. The van der Waals surface area contributed by atoms with E-state index in [0.717, 1.165) is 16.7 Å². The average molecular weight is 310 g/mol. The van der Waals surface area contributed by atoms with Gasteiger partial charge in [0.25, 0.3) is 0 Å². The summed E-state index contributed by atoms with van der Waals surface area (Å²) in [6.07, 6.45) is 0. The third-order valence-electron chi connectivity index (χ3n) is 3.59. The summed E-state index contributed by atoms with van der Waals surface area (Å²) in [5.74, 6) is -1.37. The molecule has 0 spiro atoms. The van der Waals surface area contributed by atoms with E-state index in [2.05, 4.69) is 5.10 Å². The smallest absolute Gasteiger partial charge is 0.354 e. The highest BCUT2D eigenvalue weighted by Gasteiger charge is 2.15. The quantitative estimate of drug-likeness (QED) is 0.798. The molecule has 5 heteroatoms. The predicted molar refractivity (Wildman–Crippen MR) is 84.9 cm³/mol. The number of halogens is 1. The molecular formula is C18H15FN2O2. The Labute approximate surface area is 132 Å². The number of aromatic nitrogens is 2. The van der Waals surface area contributed by atoms with E-state index in [4.69, 9.17) is 0 Å². The highest BCUT2D eigenvalue weighted by Crippen LogP contribution is 2.20. The van der Waals surface area contributed by atoms with Gasteiger partial charge in [0.1, 0.15) is 11.5 Å². The summed E-state index contributed by atoms with van der Waals surface area (Å²) >= 11 is 0. The molecule has 1 aromatic heterocycles. The van der Waals surface area contributed by atoms with Gasteiger partial charge in [-0.3, -0.25) is 4.68 Å². The summed E-state index contributed by atoms with van der Waals surface area (Å²) in [6, 6.07) is 15.2. The van der Waals surface area contributed by atoms with Gasteiger partial charge in [-0.15, -0.1) is 0 Å². The van der Waals surface area contributed by atoms with Crippen molar-refractivity contribution >= 4 is 5.97 Å². The first-order valence-corrected chi connectivity index (χ1v) is 7.15. The van der Waals surface area contributed by atoms with Crippen LogP contribution in [0.5, 0.6) is 0 Å². The van der Waals surface area contributed by atoms with Gasteiger partial charge < -0.3 is 5.11 Å². The molecule has 0 unspecified atom stereocenters. The lowest BCUT2D eigenvalue weighted by Gasteiger charge is -2.04. The number of carboxylic acids is 1. The summed E-state index contributed by atoms with van der Waals surface area (Å²) in [7, 11) is 0. The van der Waals surface area contributed by atoms with Gasteiger partial charge in [0.15, 0.2) is 0 Å². The lowest BCUT2D eigenvalue weighted by atomic mass is 10.1. The Morgan fingerprint density at radius 1 is 1.13 bits per heavy atom. The van der Waals surface area contributed by atoms with E-state index in [0.29, 0.717) is 5.69 Å². The van der Waals surface area contributed by atoms with Crippen molar-refractivity contribution in [3.63, 3.8) is 0 Å². The van der Waals surface area contributed by atoms with E-state index in [-0.39, 0.29) is 18.1 Å². The largest absolute Gasteiger partial charge is 0.477 e. The molecule has 0 atom stereocenters. The van der Waals surface area contributed by atoms with Crippen LogP contribution in [0.15, 0.2) is 54.6 Å². The molecule has 0 amide bonds. The molecule has 1 N–H and O–H groups in total.